The molecule has 0 fully saturated rings. The van der Waals surface area contributed by atoms with Crippen LogP contribution in [0.3, 0.4) is 0 Å². The lowest BCUT2D eigenvalue weighted by Gasteiger charge is -2.08. The van der Waals surface area contributed by atoms with Gasteiger partial charge in [-0.2, -0.15) is 0 Å². The zero-order valence-corrected chi connectivity index (χ0v) is 13.4. The van der Waals surface area contributed by atoms with E-state index >= 15 is 0 Å². The zero-order valence-electron chi connectivity index (χ0n) is 11.9. The topological polar surface area (TPSA) is 18.5 Å². The summed E-state index contributed by atoms with van der Waals surface area (Å²) in [6, 6.07) is 14.7. The van der Waals surface area contributed by atoms with E-state index in [2.05, 4.69) is 52.3 Å². The molecule has 0 radical (unpaired) electrons. The van der Waals surface area contributed by atoms with Gasteiger partial charge in [0.05, 0.1) is 14.2 Å². The summed E-state index contributed by atoms with van der Waals surface area (Å²) in [7, 11) is 3.36. The number of alkyl halides is 1. The first kappa shape index (κ1) is 14.9. The molecule has 2 nitrogen and oxygen atoms in total. The highest BCUT2D eigenvalue weighted by atomic mass is 79.9. The van der Waals surface area contributed by atoms with Gasteiger partial charge >= 0.3 is 0 Å². The summed E-state index contributed by atoms with van der Waals surface area (Å²) in [4.78, 5) is 0. The van der Waals surface area contributed by atoms with Gasteiger partial charge in [0.25, 0.3) is 0 Å². The largest absolute Gasteiger partial charge is 0.497 e. The van der Waals surface area contributed by atoms with Crippen LogP contribution in [0.2, 0.25) is 0 Å². The standard InChI is InChI=1S/C17H19BrO2/c1-19-16-9-15(10-17(11-16)20-2)8-5-13-3-6-14(12-18)7-4-13/h3-4,6-7,9-11H,5,8,12H2,1-2H3. The van der Waals surface area contributed by atoms with Gasteiger partial charge in [0, 0.05) is 11.4 Å². The highest BCUT2D eigenvalue weighted by Gasteiger charge is 2.03. The van der Waals surface area contributed by atoms with Crippen molar-refractivity contribution in [1.29, 1.82) is 0 Å². The Bertz CT molecular complexity index is 527. The molecule has 0 aliphatic carbocycles. The first-order chi connectivity index (χ1) is 9.75. The number of hydrogen-bond donors (Lipinski definition) is 0. The fourth-order valence-corrected chi connectivity index (χ4v) is 2.47. The summed E-state index contributed by atoms with van der Waals surface area (Å²) < 4.78 is 10.6. The SMILES string of the molecule is COc1cc(CCc2ccc(CBr)cc2)cc(OC)c1. The third-order valence-electron chi connectivity index (χ3n) is 3.29. The molecule has 2 aromatic rings. The molecule has 106 valence electrons. The Balaban J connectivity index is 2.05. The smallest absolute Gasteiger partial charge is 0.122 e. The lowest BCUT2D eigenvalue weighted by Crippen LogP contribution is -1.95. The van der Waals surface area contributed by atoms with Crippen molar-refractivity contribution >= 4 is 15.9 Å². The predicted molar refractivity (Wildman–Crippen MR) is 86.0 cm³/mol. The van der Waals surface area contributed by atoms with Crippen LogP contribution in [-0.2, 0) is 18.2 Å². The second-order valence-corrected chi connectivity index (χ2v) is 5.23. The molecular formula is C17H19BrO2. The number of rotatable bonds is 6. The van der Waals surface area contributed by atoms with Crippen LogP contribution in [0.4, 0.5) is 0 Å². The normalized spacial score (nSPS) is 10.3. The van der Waals surface area contributed by atoms with Crippen LogP contribution in [0.1, 0.15) is 16.7 Å². The van der Waals surface area contributed by atoms with Crippen molar-refractivity contribution in [2.24, 2.45) is 0 Å². The van der Waals surface area contributed by atoms with E-state index in [0.717, 1.165) is 29.7 Å². The van der Waals surface area contributed by atoms with E-state index in [0.29, 0.717) is 0 Å². The molecule has 0 saturated heterocycles. The summed E-state index contributed by atoms with van der Waals surface area (Å²) in [5, 5.41) is 0.903. The fourth-order valence-electron chi connectivity index (χ4n) is 2.09. The van der Waals surface area contributed by atoms with Crippen molar-refractivity contribution in [3.63, 3.8) is 0 Å². The van der Waals surface area contributed by atoms with Crippen molar-refractivity contribution in [1.82, 2.24) is 0 Å². The van der Waals surface area contributed by atoms with Gasteiger partial charge < -0.3 is 9.47 Å². The number of aryl methyl sites for hydroxylation is 2. The molecule has 0 heterocycles. The van der Waals surface area contributed by atoms with Crippen LogP contribution in [-0.4, -0.2) is 14.2 Å². The minimum absolute atomic E-state index is 0.842. The summed E-state index contributed by atoms with van der Waals surface area (Å²) >= 11 is 3.46. The summed E-state index contributed by atoms with van der Waals surface area (Å²) in [5.74, 6) is 1.68. The third-order valence-corrected chi connectivity index (χ3v) is 3.94. The van der Waals surface area contributed by atoms with Crippen molar-refractivity contribution < 1.29 is 9.47 Å². The molecule has 0 unspecified atom stereocenters. The predicted octanol–water partition coefficient (Wildman–Crippen LogP) is 4.38. The average Bonchev–Trinajstić information content (AvgIpc) is 2.53. The summed E-state index contributed by atoms with van der Waals surface area (Å²) in [6.07, 6.45) is 1.99. The molecule has 3 heteroatoms. The number of benzene rings is 2. The fraction of sp³-hybridized carbons (Fsp3) is 0.294. The quantitative estimate of drug-likeness (QED) is 0.729. The third kappa shape index (κ3) is 4.01. The minimum atomic E-state index is 0.842. The molecule has 0 atom stereocenters. The number of ether oxygens (including phenoxy) is 2. The van der Waals surface area contributed by atoms with E-state index in [4.69, 9.17) is 9.47 Å². The maximum absolute atomic E-state index is 5.29. The molecule has 0 bridgehead atoms. The molecule has 0 amide bonds. The molecule has 2 aromatic carbocycles. The maximum atomic E-state index is 5.29. The number of hydrogen-bond acceptors (Lipinski definition) is 2. The molecule has 0 N–H and O–H groups in total. The first-order valence-electron chi connectivity index (χ1n) is 6.61. The van der Waals surface area contributed by atoms with Gasteiger partial charge in [0.2, 0.25) is 0 Å². The van der Waals surface area contributed by atoms with Crippen LogP contribution in [0.5, 0.6) is 11.5 Å². The van der Waals surface area contributed by atoms with E-state index in [-0.39, 0.29) is 0 Å². The molecule has 20 heavy (non-hydrogen) atoms. The Hall–Kier alpha value is -1.48. The highest BCUT2D eigenvalue weighted by molar-refractivity contribution is 9.08. The second-order valence-electron chi connectivity index (χ2n) is 4.67. The van der Waals surface area contributed by atoms with Gasteiger partial charge in [-0.3, -0.25) is 0 Å². The Morgan fingerprint density at radius 2 is 1.25 bits per heavy atom. The Morgan fingerprint density at radius 1 is 0.750 bits per heavy atom. The Morgan fingerprint density at radius 3 is 1.75 bits per heavy atom. The average molecular weight is 335 g/mol. The van der Waals surface area contributed by atoms with E-state index < -0.39 is 0 Å². The molecular weight excluding hydrogens is 316 g/mol. The monoisotopic (exact) mass is 334 g/mol. The van der Waals surface area contributed by atoms with Crippen LogP contribution < -0.4 is 9.47 Å². The van der Waals surface area contributed by atoms with Crippen LogP contribution in [0.25, 0.3) is 0 Å². The zero-order chi connectivity index (χ0) is 14.4. The van der Waals surface area contributed by atoms with Crippen LogP contribution in [0, 0.1) is 0 Å². The summed E-state index contributed by atoms with van der Waals surface area (Å²) in [5.41, 5.74) is 3.87. The van der Waals surface area contributed by atoms with Gasteiger partial charge in [0.1, 0.15) is 11.5 Å². The first-order valence-corrected chi connectivity index (χ1v) is 7.73. The van der Waals surface area contributed by atoms with Crippen molar-refractivity contribution in [3.05, 3.63) is 59.2 Å². The van der Waals surface area contributed by atoms with Crippen LogP contribution >= 0.6 is 15.9 Å². The lowest BCUT2D eigenvalue weighted by molar-refractivity contribution is 0.393. The van der Waals surface area contributed by atoms with Gasteiger partial charge in [-0.15, -0.1) is 0 Å². The van der Waals surface area contributed by atoms with Crippen molar-refractivity contribution in [2.75, 3.05) is 14.2 Å². The van der Waals surface area contributed by atoms with Crippen molar-refractivity contribution in [3.8, 4) is 11.5 Å². The van der Waals surface area contributed by atoms with Gasteiger partial charge in [-0.1, -0.05) is 40.2 Å². The lowest BCUT2D eigenvalue weighted by atomic mass is 10.0. The van der Waals surface area contributed by atoms with Crippen LogP contribution in [0.15, 0.2) is 42.5 Å². The van der Waals surface area contributed by atoms with E-state index in [9.17, 15) is 0 Å². The molecule has 0 aromatic heterocycles. The molecule has 0 aliphatic heterocycles. The highest BCUT2D eigenvalue weighted by Crippen LogP contribution is 2.23. The summed E-state index contributed by atoms with van der Waals surface area (Å²) in [6.45, 7) is 0. The van der Waals surface area contributed by atoms with E-state index in [1.165, 1.54) is 16.7 Å². The molecule has 0 saturated carbocycles. The minimum Gasteiger partial charge on any atom is -0.497 e. The van der Waals surface area contributed by atoms with Gasteiger partial charge in [0.15, 0.2) is 0 Å². The maximum Gasteiger partial charge on any atom is 0.122 e. The van der Waals surface area contributed by atoms with E-state index in [1.807, 2.05) is 6.07 Å². The Kier molecular flexibility index (Phi) is 5.48. The molecule has 0 aliphatic rings. The Labute approximate surface area is 128 Å². The van der Waals surface area contributed by atoms with Gasteiger partial charge in [-0.05, 0) is 41.7 Å². The van der Waals surface area contributed by atoms with Crippen molar-refractivity contribution in [2.45, 2.75) is 18.2 Å². The molecule has 0 spiro atoms. The number of halogens is 1. The second kappa shape index (κ2) is 7.34. The molecule has 2 rings (SSSR count). The number of methoxy groups -OCH3 is 2. The van der Waals surface area contributed by atoms with E-state index in [1.54, 1.807) is 14.2 Å². The van der Waals surface area contributed by atoms with Gasteiger partial charge in [-0.25, -0.2) is 0 Å².